The predicted octanol–water partition coefficient (Wildman–Crippen LogP) is 2.63. The van der Waals surface area contributed by atoms with E-state index in [0.29, 0.717) is 43.2 Å². The maximum atomic E-state index is 12.6. The van der Waals surface area contributed by atoms with Gasteiger partial charge in [-0.2, -0.15) is 0 Å². The van der Waals surface area contributed by atoms with Crippen LogP contribution in [-0.4, -0.2) is 66.5 Å². The number of Topliss-reactive ketones (excluding diaryl/α,β-unsaturated/α-hetero) is 1. The lowest BCUT2D eigenvalue weighted by molar-refractivity contribution is -0.133. The van der Waals surface area contributed by atoms with Crippen LogP contribution in [0.15, 0.2) is 36.5 Å². The molecule has 0 bridgehead atoms. The molecule has 3 heterocycles. The minimum Gasteiger partial charge on any atom is -0.493 e. The van der Waals surface area contributed by atoms with Crippen LogP contribution in [0.2, 0.25) is 0 Å². The number of carbonyl (C=O) groups excluding carboxylic acids is 2. The molecule has 9 heteroatoms. The lowest BCUT2D eigenvalue weighted by atomic mass is 10.1. The molecule has 0 atom stereocenters. The Kier molecular flexibility index (Phi) is 5.80. The number of hydrogen-bond donors (Lipinski definition) is 0. The lowest BCUT2D eigenvalue weighted by Crippen LogP contribution is -2.50. The number of methoxy groups -OCH3 is 1. The molecule has 4 rings (SSSR count). The van der Waals surface area contributed by atoms with E-state index in [9.17, 15) is 9.59 Å². The van der Waals surface area contributed by atoms with Crippen molar-refractivity contribution in [1.82, 2.24) is 14.9 Å². The molecule has 2 aromatic heterocycles. The first-order chi connectivity index (χ1) is 14.5. The third-order valence-corrected chi connectivity index (χ3v) is 6.02. The maximum Gasteiger partial charge on any atom is 0.260 e. The van der Waals surface area contributed by atoms with Crippen molar-refractivity contribution in [1.29, 1.82) is 0 Å². The van der Waals surface area contributed by atoms with Gasteiger partial charge in [0.15, 0.2) is 29.0 Å². The fraction of sp³-hybridized carbons (Fsp3) is 0.333. The van der Waals surface area contributed by atoms with Gasteiger partial charge in [0, 0.05) is 37.9 Å². The summed E-state index contributed by atoms with van der Waals surface area (Å²) >= 11 is 1.57. The fourth-order valence-corrected chi connectivity index (χ4v) is 4.24. The molecule has 30 heavy (non-hydrogen) atoms. The number of benzene rings is 1. The number of aromatic nitrogens is 2. The van der Waals surface area contributed by atoms with Gasteiger partial charge in [-0.05, 0) is 37.3 Å². The zero-order valence-corrected chi connectivity index (χ0v) is 17.6. The standard InChI is InChI=1S/C21H22N4O4S/c1-14(26)15-5-6-17(18(12-15)28-2)29-13-19(27)24-8-10-25(11-9-24)21-23-16-4-3-7-22-20(16)30-21/h3-7,12H,8-11,13H2,1-2H3. The predicted molar refractivity (Wildman–Crippen MR) is 115 cm³/mol. The summed E-state index contributed by atoms with van der Waals surface area (Å²) < 4.78 is 11.0. The molecular weight excluding hydrogens is 404 g/mol. The molecule has 1 aromatic carbocycles. The number of piperazine rings is 1. The Bertz CT molecular complexity index is 1040. The number of ketones is 1. The molecule has 0 spiro atoms. The van der Waals surface area contributed by atoms with Gasteiger partial charge in [0.1, 0.15) is 10.3 Å². The van der Waals surface area contributed by atoms with Gasteiger partial charge < -0.3 is 19.3 Å². The van der Waals surface area contributed by atoms with E-state index < -0.39 is 0 Å². The van der Waals surface area contributed by atoms with E-state index in [1.807, 2.05) is 12.1 Å². The number of fused-ring (bicyclic) bond motifs is 1. The third-order valence-electron chi connectivity index (χ3n) is 4.98. The van der Waals surface area contributed by atoms with E-state index >= 15 is 0 Å². The molecule has 0 aliphatic carbocycles. The van der Waals surface area contributed by atoms with Gasteiger partial charge in [0.25, 0.3) is 5.91 Å². The van der Waals surface area contributed by atoms with Crippen LogP contribution in [0.1, 0.15) is 17.3 Å². The number of carbonyl (C=O) groups is 2. The summed E-state index contributed by atoms with van der Waals surface area (Å²) in [5, 5.41) is 0.933. The Hall–Kier alpha value is -3.20. The van der Waals surface area contributed by atoms with Crippen molar-refractivity contribution in [2.24, 2.45) is 0 Å². The number of nitrogens with zero attached hydrogens (tertiary/aromatic N) is 4. The number of rotatable bonds is 6. The molecule has 1 fully saturated rings. The quantitative estimate of drug-likeness (QED) is 0.560. The van der Waals surface area contributed by atoms with Crippen LogP contribution in [0, 0.1) is 0 Å². The molecule has 1 amide bonds. The van der Waals surface area contributed by atoms with E-state index in [1.54, 1.807) is 40.6 Å². The van der Waals surface area contributed by atoms with Crippen LogP contribution in [0.3, 0.4) is 0 Å². The topological polar surface area (TPSA) is 84.9 Å². The highest BCUT2D eigenvalue weighted by molar-refractivity contribution is 7.21. The number of hydrogen-bond acceptors (Lipinski definition) is 8. The van der Waals surface area contributed by atoms with Crippen molar-refractivity contribution in [3.8, 4) is 11.5 Å². The van der Waals surface area contributed by atoms with Crippen LogP contribution in [-0.2, 0) is 4.79 Å². The Morgan fingerprint density at radius 3 is 2.63 bits per heavy atom. The number of thiazole rings is 1. The van der Waals surface area contributed by atoms with Gasteiger partial charge >= 0.3 is 0 Å². The molecule has 1 aliphatic rings. The number of pyridine rings is 1. The summed E-state index contributed by atoms with van der Waals surface area (Å²) in [7, 11) is 1.50. The Balaban J connectivity index is 1.33. The summed E-state index contributed by atoms with van der Waals surface area (Å²) in [5.41, 5.74) is 1.43. The summed E-state index contributed by atoms with van der Waals surface area (Å²) in [6.07, 6.45) is 1.77. The first-order valence-electron chi connectivity index (χ1n) is 9.61. The average Bonchev–Trinajstić information content (AvgIpc) is 3.21. The van der Waals surface area contributed by atoms with Gasteiger partial charge in [-0.25, -0.2) is 9.97 Å². The van der Waals surface area contributed by atoms with Crippen LogP contribution in [0.4, 0.5) is 5.13 Å². The highest BCUT2D eigenvalue weighted by Crippen LogP contribution is 2.29. The van der Waals surface area contributed by atoms with Gasteiger partial charge in [0.05, 0.1) is 7.11 Å². The van der Waals surface area contributed by atoms with E-state index in [-0.39, 0.29) is 18.3 Å². The summed E-state index contributed by atoms with van der Waals surface area (Å²) in [6, 6.07) is 8.77. The molecule has 8 nitrogen and oxygen atoms in total. The van der Waals surface area contributed by atoms with Crippen molar-refractivity contribution in [3.63, 3.8) is 0 Å². The monoisotopic (exact) mass is 426 g/mol. The molecule has 0 radical (unpaired) electrons. The second-order valence-electron chi connectivity index (χ2n) is 6.90. The van der Waals surface area contributed by atoms with Gasteiger partial charge in [-0.3, -0.25) is 9.59 Å². The fourth-order valence-electron chi connectivity index (χ4n) is 3.28. The Morgan fingerprint density at radius 1 is 1.13 bits per heavy atom. The zero-order chi connectivity index (χ0) is 21.1. The van der Waals surface area contributed by atoms with Crippen LogP contribution < -0.4 is 14.4 Å². The molecule has 0 N–H and O–H groups in total. The highest BCUT2D eigenvalue weighted by Gasteiger charge is 2.24. The Labute approximate surface area is 178 Å². The van der Waals surface area contributed by atoms with Gasteiger partial charge in [0.2, 0.25) is 0 Å². The number of ether oxygens (including phenoxy) is 2. The molecule has 0 saturated carbocycles. The van der Waals surface area contributed by atoms with Crippen LogP contribution >= 0.6 is 11.3 Å². The van der Waals surface area contributed by atoms with Crippen molar-refractivity contribution in [2.45, 2.75) is 6.92 Å². The van der Waals surface area contributed by atoms with Crippen molar-refractivity contribution < 1.29 is 19.1 Å². The largest absolute Gasteiger partial charge is 0.493 e. The lowest BCUT2D eigenvalue weighted by Gasteiger charge is -2.34. The second kappa shape index (κ2) is 8.66. The molecule has 1 aliphatic heterocycles. The van der Waals surface area contributed by atoms with Crippen molar-refractivity contribution in [3.05, 3.63) is 42.1 Å². The SMILES string of the molecule is COc1cc(C(C)=O)ccc1OCC(=O)N1CCN(c2nc3cccnc3s2)CC1. The maximum absolute atomic E-state index is 12.6. The van der Waals surface area contributed by atoms with Gasteiger partial charge in [-0.15, -0.1) is 0 Å². The second-order valence-corrected chi connectivity index (χ2v) is 7.86. The molecule has 1 saturated heterocycles. The van der Waals surface area contributed by atoms with E-state index in [0.717, 1.165) is 15.5 Å². The normalized spacial score (nSPS) is 14.1. The van der Waals surface area contributed by atoms with Crippen molar-refractivity contribution >= 4 is 38.5 Å². The Morgan fingerprint density at radius 2 is 1.93 bits per heavy atom. The van der Waals surface area contributed by atoms with Gasteiger partial charge in [-0.1, -0.05) is 11.3 Å². The third kappa shape index (κ3) is 4.20. The van der Waals surface area contributed by atoms with E-state index in [1.165, 1.54) is 14.0 Å². The first-order valence-corrected chi connectivity index (χ1v) is 10.4. The minimum atomic E-state index is -0.0849. The molecule has 0 unspecified atom stereocenters. The summed E-state index contributed by atoms with van der Waals surface area (Å²) in [6.45, 7) is 4.03. The minimum absolute atomic E-state index is 0.0577. The highest BCUT2D eigenvalue weighted by atomic mass is 32.1. The van der Waals surface area contributed by atoms with Crippen LogP contribution in [0.5, 0.6) is 11.5 Å². The van der Waals surface area contributed by atoms with Crippen molar-refractivity contribution in [2.75, 3.05) is 44.8 Å². The number of anilines is 1. The molecule has 3 aromatic rings. The zero-order valence-electron chi connectivity index (χ0n) is 16.8. The van der Waals surface area contributed by atoms with E-state index in [4.69, 9.17) is 9.47 Å². The average molecular weight is 426 g/mol. The van der Waals surface area contributed by atoms with E-state index in [2.05, 4.69) is 14.9 Å². The van der Waals surface area contributed by atoms with Crippen LogP contribution in [0.25, 0.3) is 10.3 Å². The first kappa shape index (κ1) is 20.1. The summed E-state index contributed by atoms with van der Waals surface area (Å²) in [4.78, 5) is 38.0. The smallest absolute Gasteiger partial charge is 0.260 e. The number of amides is 1. The molecular formula is C21H22N4O4S. The summed E-state index contributed by atoms with van der Waals surface area (Å²) in [5.74, 6) is 0.734. The molecule has 156 valence electrons.